The van der Waals surface area contributed by atoms with Crippen molar-refractivity contribution in [1.82, 2.24) is 5.32 Å². The Balaban J connectivity index is 2.58. The van der Waals surface area contributed by atoms with Gasteiger partial charge in [-0.1, -0.05) is 37.3 Å². The minimum absolute atomic E-state index is 0.641. The molecule has 0 aromatic heterocycles. The number of aliphatic hydroxyl groups is 1. The summed E-state index contributed by atoms with van der Waals surface area (Å²) in [6, 6.07) is 9.98. The van der Waals surface area contributed by atoms with Crippen LogP contribution in [0.15, 0.2) is 30.3 Å². The van der Waals surface area contributed by atoms with Gasteiger partial charge in [-0.05, 0) is 19.0 Å². The first kappa shape index (κ1) is 10.2. The molecule has 0 bridgehead atoms. The maximum Gasteiger partial charge on any atom is 0.117 e. The lowest BCUT2D eigenvalue weighted by molar-refractivity contribution is 0.0264. The Labute approximate surface area is 79.6 Å². The highest BCUT2D eigenvalue weighted by molar-refractivity contribution is 5.16. The van der Waals surface area contributed by atoms with Gasteiger partial charge in [0.1, 0.15) is 5.72 Å². The fraction of sp³-hybridized carbons (Fsp3) is 0.455. The smallest absolute Gasteiger partial charge is 0.117 e. The molecule has 1 atom stereocenters. The van der Waals surface area contributed by atoms with Gasteiger partial charge in [-0.3, -0.25) is 5.32 Å². The topological polar surface area (TPSA) is 32.3 Å². The number of benzene rings is 1. The predicted molar refractivity (Wildman–Crippen MR) is 54.4 cm³/mol. The van der Waals surface area contributed by atoms with Gasteiger partial charge >= 0.3 is 0 Å². The molecule has 0 saturated carbocycles. The molecule has 1 aromatic carbocycles. The Bertz CT molecular complexity index is 244. The number of likely N-dealkylation sites (N-methyl/N-ethyl adjacent to an activating group) is 1. The van der Waals surface area contributed by atoms with E-state index in [1.807, 2.05) is 37.3 Å². The van der Waals surface area contributed by atoms with Crippen molar-refractivity contribution < 1.29 is 5.11 Å². The molecular formula is C11H17NO. The van der Waals surface area contributed by atoms with Crippen LogP contribution in [0.25, 0.3) is 0 Å². The summed E-state index contributed by atoms with van der Waals surface area (Å²) in [6.07, 6.45) is 0.641. The number of hydrogen-bond acceptors (Lipinski definition) is 2. The van der Waals surface area contributed by atoms with Crippen molar-refractivity contribution in [2.75, 3.05) is 6.54 Å². The van der Waals surface area contributed by atoms with Crippen LogP contribution < -0.4 is 5.32 Å². The highest BCUT2D eigenvalue weighted by Crippen LogP contribution is 2.09. The third-order valence-electron chi connectivity index (χ3n) is 1.95. The molecule has 2 heteroatoms. The van der Waals surface area contributed by atoms with Gasteiger partial charge in [0.15, 0.2) is 0 Å². The SMILES string of the molecule is CCNC(C)(O)Cc1ccccc1. The highest BCUT2D eigenvalue weighted by Gasteiger charge is 2.18. The standard InChI is InChI=1S/C11H17NO/c1-3-12-11(2,13)9-10-7-5-4-6-8-10/h4-8,12-13H,3,9H2,1-2H3. The molecule has 0 fully saturated rings. The van der Waals surface area contributed by atoms with Crippen molar-refractivity contribution in [1.29, 1.82) is 0 Å². The van der Waals surface area contributed by atoms with E-state index in [2.05, 4.69) is 5.32 Å². The van der Waals surface area contributed by atoms with E-state index in [1.165, 1.54) is 0 Å². The quantitative estimate of drug-likeness (QED) is 0.687. The van der Waals surface area contributed by atoms with E-state index in [4.69, 9.17) is 0 Å². The van der Waals surface area contributed by atoms with Crippen molar-refractivity contribution in [3.05, 3.63) is 35.9 Å². The number of hydrogen-bond donors (Lipinski definition) is 2. The lowest BCUT2D eigenvalue weighted by atomic mass is 10.0. The molecule has 72 valence electrons. The largest absolute Gasteiger partial charge is 0.376 e. The fourth-order valence-corrected chi connectivity index (χ4v) is 1.44. The zero-order valence-electron chi connectivity index (χ0n) is 8.25. The Morgan fingerprint density at radius 2 is 1.92 bits per heavy atom. The maximum atomic E-state index is 9.86. The Kier molecular flexibility index (Phi) is 3.46. The third kappa shape index (κ3) is 3.57. The van der Waals surface area contributed by atoms with E-state index >= 15 is 0 Å². The summed E-state index contributed by atoms with van der Waals surface area (Å²) in [7, 11) is 0. The highest BCUT2D eigenvalue weighted by atomic mass is 16.3. The summed E-state index contributed by atoms with van der Waals surface area (Å²) in [5, 5.41) is 12.9. The molecule has 0 amide bonds. The molecule has 0 spiro atoms. The Hall–Kier alpha value is -0.860. The van der Waals surface area contributed by atoms with Gasteiger partial charge in [0.05, 0.1) is 0 Å². The third-order valence-corrected chi connectivity index (χ3v) is 1.95. The summed E-state index contributed by atoms with van der Waals surface area (Å²) in [6.45, 7) is 4.56. The normalized spacial score (nSPS) is 15.3. The second kappa shape index (κ2) is 4.40. The van der Waals surface area contributed by atoms with Crippen LogP contribution in [-0.2, 0) is 6.42 Å². The lowest BCUT2D eigenvalue weighted by Crippen LogP contribution is -2.43. The zero-order valence-corrected chi connectivity index (χ0v) is 8.25. The van der Waals surface area contributed by atoms with Crippen LogP contribution in [0.2, 0.25) is 0 Å². The average Bonchev–Trinajstić information content (AvgIpc) is 2.04. The first-order valence-electron chi connectivity index (χ1n) is 4.65. The molecule has 0 radical (unpaired) electrons. The second-order valence-electron chi connectivity index (χ2n) is 3.47. The van der Waals surface area contributed by atoms with Gasteiger partial charge in [0.2, 0.25) is 0 Å². The molecule has 2 nitrogen and oxygen atoms in total. The molecule has 0 heterocycles. The van der Waals surface area contributed by atoms with E-state index in [0.717, 1.165) is 12.1 Å². The Morgan fingerprint density at radius 3 is 2.46 bits per heavy atom. The maximum absolute atomic E-state index is 9.86. The van der Waals surface area contributed by atoms with Gasteiger partial charge in [0, 0.05) is 6.42 Å². The van der Waals surface area contributed by atoms with Crippen LogP contribution in [0.5, 0.6) is 0 Å². The van der Waals surface area contributed by atoms with Crippen molar-refractivity contribution in [2.45, 2.75) is 26.0 Å². The first-order chi connectivity index (χ1) is 6.14. The van der Waals surface area contributed by atoms with Gasteiger partial charge in [-0.25, -0.2) is 0 Å². The van der Waals surface area contributed by atoms with E-state index in [-0.39, 0.29) is 0 Å². The van der Waals surface area contributed by atoms with Crippen LogP contribution in [0, 0.1) is 0 Å². The average molecular weight is 179 g/mol. The van der Waals surface area contributed by atoms with E-state index in [0.29, 0.717) is 6.42 Å². The van der Waals surface area contributed by atoms with E-state index < -0.39 is 5.72 Å². The summed E-state index contributed by atoms with van der Waals surface area (Å²) in [4.78, 5) is 0. The monoisotopic (exact) mass is 179 g/mol. The molecule has 0 aliphatic rings. The molecule has 2 N–H and O–H groups in total. The minimum Gasteiger partial charge on any atom is -0.376 e. The summed E-state index contributed by atoms with van der Waals surface area (Å²) >= 11 is 0. The molecule has 0 saturated heterocycles. The van der Waals surface area contributed by atoms with Gasteiger partial charge in [-0.2, -0.15) is 0 Å². The summed E-state index contributed by atoms with van der Waals surface area (Å²) < 4.78 is 0. The molecule has 1 rings (SSSR count). The molecule has 0 aliphatic carbocycles. The van der Waals surface area contributed by atoms with Crippen LogP contribution in [-0.4, -0.2) is 17.4 Å². The van der Waals surface area contributed by atoms with Crippen LogP contribution in [0.1, 0.15) is 19.4 Å². The van der Waals surface area contributed by atoms with Gasteiger partial charge in [-0.15, -0.1) is 0 Å². The van der Waals surface area contributed by atoms with Crippen molar-refractivity contribution in [2.24, 2.45) is 0 Å². The van der Waals surface area contributed by atoms with Gasteiger partial charge < -0.3 is 5.11 Å². The van der Waals surface area contributed by atoms with Crippen molar-refractivity contribution in [3.8, 4) is 0 Å². The second-order valence-corrected chi connectivity index (χ2v) is 3.47. The minimum atomic E-state index is -0.796. The van der Waals surface area contributed by atoms with Crippen molar-refractivity contribution >= 4 is 0 Å². The summed E-state index contributed by atoms with van der Waals surface area (Å²) in [5.41, 5.74) is 0.351. The van der Waals surface area contributed by atoms with Crippen LogP contribution >= 0.6 is 0 Å². The first-order valence-corrected chi connectivity index (χ1v) is 4.65. The molecule has 1 unspecified atom stereocenters. The van der Waals surface area contributed by atoms with Crippen molar-refractivity contribution in [3.63, 3.8) is 0 Å². The fourth-order valence-electron chi connectivity index (χ4n) is 1.44. The number of nitrogens with one attached hydrogen (secondary N) is 1. The molecule has 1 aromatic rings. The predicted octanol–water partition coefficient (Wildman–Crippen LogP) is 1.55. The van der Waals surface area contributed by atoms with E-state index in [9.17, 15) is 5.11 Å². The molecule has 0 aliphatic heterocycles. The zero-order chi connectivity index (χ0) is 9.73. The molecular weight excluding hydrogens is 162 g/mol. The molecule has 13 heavy (non-hydrogen) atoms. The van der Waals surface area contributed by atoms with Crippen LogP contribution in [0.4, 0.5) is 0 Å². The summed E-state index contributed by atoms with van der Waals surface area (Å²) in [5.74, 6) is 0. The lowest BCUT2D eigenvalue weighted by Gasteiger charge is -2.24. The van der Waals surface area contributed by atoms with E-state index in [1.54, 1.807) is 6.92 Å². The van der Waals surface area contributed by atoms with Gasteiger partial charge in [0.25, 0.3) is 0 Å². The van der Waals surface area contributed by atoms with Crippen LogP contribution in [0.3, 0.4) is 0 Å². The number of rotatable bonds is 4. The Morgan fingerprint density at radius 1 is 1.31 bits per heavy atom.